The minimum atomic E-state index is 0.105. The first-order chi connectivity index (χ1) is 6.90. The Morgan fingerprint density at radius 1 is 1.14 bits per heavy atom. The van der Waals surface area contributed by atoms with Gasteiger partial charge < -0.3 is 10.3 Å². The molecule has 0 fully saturated rings. The van der Waals surface area contributed by atoms with E-state index in [0.717, 1.165) is 5.56 Å². The van der Waals surface area contributed by atoms with Crippen molar-refractivity contribution in [2.24, 2.45) is 0 Å². The highest BCUT2D eigenvalue weighted by Gasteiger charge is 2.12. The largest absolute Gasteiger partial charge is 0.427 e. The van der Waals surface area contributed by atoms with Crippen molar-refractivity contribution < 1.29 is 5.11 Å². The summed E-state index contributed by atoms with van der Waals surface area (Å²) in [5.74, 6) is 2.11. The number of aliphatic hydroxyl groups is 1. The minimum absolute atomic E-state index is 0.105. The fraction of sp³-hybridized carbons (Fsp3) is 0.0909. The van der Waals surface area contributed by atoms with Crippen LogP contribution in [0, 0.1) is 0 Å². The first kappa shape index (κ1) is 9.09. The van der Waals surface area contributed by atoms with Gasteiger partial charge in [0.05, 0.1) is 6.61 Å². The molecule has 0 atom stereocenters. The molecule has 2 nitrogen and oxygen atoms in total. The maximum atomic E-state index is 8.90. The number of rotatable bonds is 2. The monoisotopic (exact) mass is 185 g/mol. The molecule has 70 valence electrons. The van der Waals surface area contributed by atoms with Crippen LogP contribution in [0.5, 0.6) is 0 Å². The minimum Gasteiger partial charge on any atom is -0.427 e. The van der Waals surface area contributed by atoms with Crippen LogP contribution in [0.25, 0.3) is 0 Å². The Morgan fingerprint density at radius 2 is 1.93 bits per heavy atom. The summed E-state index contributed by atoms with van der Waals surface area (Å²) in [7, 11) is 0. The smallest absolute Gasteiger partial charge is 0.312 e. The average Bonchev–Trinajstić information content (AvgIpc) is 2.30. The van der Waals surface area contributed by atoms with Gasteiger partial charge in [0, 0.05) is 0 Å². The van der Waals surface area contributed by atoms with Crippen LogP contribution in [0.2, 0.25) is 0 Å². The van der Waals surface area contributed by atoms with Crippen molar-refractivity contribution in [3.8, 4) is 0 Å². The van der Waals surface area contributed by atoms with E-state index in [4.69, 9.17) is 5.11 Å². The zero-order valence-electron chi connectivity index (χ0n) is 7.85. The van der Waals surface area contributed by atoms with Crippen LogP contribution in [0.1, 0.15) is 5.56 Å². The first-order valence-electron chi connectivity index (χ1n) is 4.69. The highest BCUT2D eigenvalue weighted by atomic mass is 16.3. The molecule has 0 saturated heterocycles. The molecule has 3 heteroatoms. The molecule has 0 unspecified atom stereocenters. The maximum absolute atomic E-state index is 8.90. The number of hydrogen-bond acceptors (Lipinski definition) is 2. The Balaban J connectivity index is 2.16. The van der Waals surface area contributed by atoms with E-state index in [1.165, 1.54) is 5.46 Å². The number of nitrogens with one attached hydrogen (secondary N) is 1. The predicted octanol–water partition coefficient (Wildman–Crippen LogP) is 0.590. The Bertz CT molecular complexity index is 356. The van der Waals surface area contributed by atoms with Crippen LogP contribution in [0.4, 0.5) is 0 Å². The fourth-order valence-corrected chi connectivity index (χ4v) is 1.48. The third-order valence-corrected chi connectivity index (χ3v) is 2.31. The van der Waals surface area contributed by atoms with Gasteiger partial charge in [-0.05, 0) is 17.8 Å². The van der Waals surface area contributed by atoms with E-state index < -0.39 is 0 Å². The Morgan fingerprint density at radius 3 is 2.50 bits per heavy atom. The third-order valence-electron chi connectivity index (χ3n) is 2.31. The van der Waals surface area contributed by atoms with E-state index in [9.17, 15) is 0 Å². The van der Waals surface area contributed by atoms with Gasteiger partial charge in [-0.1, -0.05) is 41.8 Å². The second-order valence-corrected chi connectivity index (χ2v) is 3.29. The molecule has 1 aliphatic rings. The molecular weight excluding hydrogens is 173 g/mol. The van der Waals surface area contributed by atoms with Crippen LogP contribution in [0.3, 0.4) is 0 Å². The molecule has 1 heterocycles. The molecule has 0 bridgehead atoms. The molecular formula is C11H12BNO. The lowest BCUT2D eigenvalue weighted by molar-refractivity contribution is 0.282. The van der Waals surface area contributed by atoms with Gasteiger partial charge in [-0.25, -0.2) is 0 Å². The van der Waals surface area contributed by atoms with Crippen molar-refractivity contribution in [1.29, 1.82) is 0 Å². The van der Waals surface area contributed by atoms with Crippen molar-refractivity contribution in [2.45, 2.75) is 6.61 Å². The van der Waals surface area contributed by atoms with E-state index in [0.29, 0.717) is 0 Å². The number of benzene rings is 1. The molecule has 2 N–H and O–H groups in total. The molecule has 1 aromatic rings. The standard InChI is InChI=1S/C11H12BNO/c14-9-10-3-5-11(6-4-10)12-7-1-2-8-13-12/h1-8,13-14H,9H2. The zero-order valence-corrected chi connectivity index (χ0v) is 7.85. The Hall–Kier alpha value is -1.48. The van der Waals surface area contributed by atoms with Crippen LogP contribution >= 0.6 is 0 Å². The summed E-state index contributed by atoms with van der Waals surface area (Å²) in [6.07, 6.45) is 5.93. The molecule has 1 aliphatic heterocycles. The van der Waals surface area contributed by atoms with Crippen LogP contribution < -0.4 is 10.7 Å². The summed E-state index contributed by atoms with van der Waals surface area (Å²) in [6, 6.07) is 7.96. The summed E-state index contributed by atoms with van der Waals surface area (Å²) >= 11 is 0. The fourth-order valence-electron chi connectivity index (χ4n) is 1.48. The molecule has 0 spiro atoms. The summed E-state index contributed by atoms with van der Waals surface area (Å²) in [4.78, 5) is 0. The van der Waals surface area contributed by atoms with Crippen molar-refractivity contribution in [3.63, 3.8) is 0 Å². The van der Waals surface area contributed by atoms with Crippen LogP contribution in [-0.4, -0.2) is 12.0 Å². The lowest BCUT2D eigenvalue weighted by Gasteiger charge is -2.12. The van der Waals surface area contributed by atoms with E-state index in [-0.39, 0.29) is 13.5 Å². The van der Waals surface area contributed by atoms with E-state index in [2.05, 4.69) is 11.2 Å². The summed E-state index contributed by atoms with van der Waals surface area (Å²) in [6.45, 7) is 0.362. The number of hydrogen-bond donors (Lipinski definition) is 2. The highest BCUT2D eigenvalue weighted by molar-refractivity contribution is 6.76. The second-order valence-electron chi connectivity index (χ2n) is 3.29. The van der Waals surface area contributed by atoms with Crippen molar-refractivity contribution in [1.82, 2.24) is 5.23 Å². The van der Waals surface area contributed by atoms with Crippen molar-refractivity contribution in [3.05, 3.63) is 54.2 Å². The lowest BCUT2D eigenvalue weighted by atomic mass is 9.55. The lowest BCUT2D eigenvalue weighted by Crippen LogP contribution is -2.41. The molecule has 2 rings (SSSR count). The molecule has 0 radical (unpaired) electrons. The molecule has 0 amide bonds. The first-order valence-corrected chi connectivity index (χ1v) is 4.69. The van der Waals surface area contributed by atoms with Gasteiger partial charge in [0.2, 0.25) is 0 Å². The Kier molecular flexibility index (Phi) is 2.70. The Labute approximate surface area is 84.1 Å². The second kappa shape index (κ2) is 4.16. The van der Waals surface area contributed by atoms with Crippen LogP contribution in [0.15, 0.2) is 48.6 Å². The van der Waals surface area contributed by atoms with Gasteiger partial charge in [-0.15, -0.1) is 0 Å². The molecule has 14 heavy (non-hydrogen) atoms. The normalized spacial score (nSPS) is 14.2. The quantitative estimate of drug-likeness (QED) is 0.661. The summed E-state index contributed by atoms with van der Waals surface area (Å²) in [5, 5.41) is 12.1. The highest BCUT2D eigenvalue weighted by Crippen LogP contribution is 1.98. The van der Waals surface area contributed by atoms with Gasteiger partial charge in [-0.3, -0.25) is 0 Å². The summed E-state index contributed by atoms with van der Waals surface area (Å²) in [5.41, 5.74) is 2.16. The SMILES string of the molecule is OCc1ccc(B2C=CC=CN2)cc1. The number of allylic oxidation sites excluding steroid dienone is 2. The zero-order chi connectivity index (χ0) is 9.80. The maximum Gasteiger partial charge on any atom is 0.312 e. The van der Waals surface area contributed by atoms with Gasteiger partial charge in [-0.2, -0.15) is 0 Å². The summed E-state index contributed by atoms with van der Waals surface area (Å²) < 4.78 is 0. The van der Waals surface area contributed by atoms with Gasteiger partial charge in [0.25, 0.3) is 0 Å². The van der Waals surface area contributed by atoms with Gasteiger partial charge in [0.15, 0.2) is 0 Å². The van der Waals surface area contributed by atoms with Crippen molar-refractivity contribution >= 4 is 12.3 Å². The van der Waals surface area contributed by atoms with E-state index in [1.807, 2.05) is 42.6 Å². The van der Waals surface area contributed by atoms with Gasteiger partial charge >= 0.3 is 6.85 Å². The molecule has 0 saturated carbocycles. The number of aliphatic hydroxyl groups excluding tert-OH is 1. The van der Waals surface area contributed by atoms with Crippen molar-refractivity contribution in [2.75, 3.05) is 0 Å². The van der Waals surface area contributed by atoms with E-state index >= 15 is 0 Å². The molecule has 1 aromatic carbocycles. The molecule has 0 aromatic heterocycles. The average molecular weight is 185 g/mol. The van der Waals surface area contributed by atoms with E-state index in [1.54, 1.807) is 0 Å². The third kappa shape index (κ3) is 1.88. The van der Waals surface area contributed by atoms with Gasteiger partial charge in [0.1, 0.15) is 0 Å². The molecule has 0 aliphatic carbocycles. The predicted molar refractivity (Wildman–Crippen MR) is 59.2 cm³/mol. The topological polar surface area (TPSA) is 32.3 Å². The van der Waals surface area contributed by atoms with Crippen LogP contribution in [-0.2, 0) is 6.61 Å².